The summed E-state index contributed by atoms with van der Waals surface area (Å²) < 4.78 is 0. The van der Waals surface area contributed by atoms with E-state index in [0.29, 0.717) is 17.4 Å². The number of β-amino-alcohol motifs (C(OH)–C–C–N with tert-alkyl or cyclic N) is 1. The summed E-state index contributed by atoms with van der Waals surface area (Å²) in [6.45, 7) is 5.31. The number of hydrogen-bond acceptors (Lipinski definition) is 3. The molecule has 0 radical (unpaired) electrons. The molecule has 3 atom stereocenters. The van der Waals surface area contributed by atoms with Gasteiger partial charge in [0.2, 0.25) is 0 Å². The molecule has 0 amide bonds. The van der Waals surface area contributed by atoms with Crippen molar-refractivity contribution < 1.29 is 10.2 Å². The van der Waals surface area contributed by atoms with Gasteiger partial charge in [-0.3, -0.25) is 0 Å². The third kappa shape index (κ3) is 2.10. The molecule has 3 nitrogen and oxygen atoms in total. The Bertz CT molecular complexity index is 325. The van der Waals surface area contributed by atoms with Crippen LogP contribution in [0.3, 0.4) is 0 Å². The molecule has 0 heterocycles. The fourth-order valence-corrected chi connectivity index (χ4v) is 6.04. The van der Waals surface area contributed by atoms with Gasteiger partial charge < -0.3 is 15.5 Å². The highest BCUT2D eigenvalue weighted by Crippen LogP contribution is 2.66. The standard InChI is InChI=1S/C15H27NO2/c1-13-3-11-4-14(2,8-13)10-15(5-11,9-13)16-6-12(18)7-17/h11-12,16-18H,3-10H2,1-2H3/t11?,12-,13?,14?,15?/m0/s1. The topological polar surface area (TPSA) is 52.5 Å². The van der Waals surface area contributed by atoms with Crippen LogP contribution in [0.4, 0.5) is 0 Å². The van der Waals surface area contributed by atoms with Crippen molar-refractivity contribution in [3.05, 3.63) is 0 Å². The van der Waals surface area contributed by atoms with Crippen molar-refractivity contribution in [3.63, 3.8) is 0 Å². The fraction of sp³-hybridized carbons (Fsp3) is 1.00. The van der Waals surface area contributed by atoms with Crippen LogP contribution in [0.5, 0.6) is 0 Å². The Balaban J connectivity index is 1.76. The Labute approximate surface area is 110 Å². The molecule has 4 fully saturated rings. The zero-order chi connectivity index (χ0) is 13.0. The van der Waals surface area contributed by atoms with Crippen LogP contribution >= 0.6 is 0 Å². The van der Waals surface area contributed by atoms with Crippen LogP contribution in [0.1, 0.15) is 52.4 Å². The van der Waals surface area contributed by atoms with E-state index < -0.39 is 6.10 Å². The number of nitrogens with one attached hydrogen (secondary N) is 1. The Morgan fingerprint density at radius 3 is 2.22 bits per heavy atom. The normalized spacial score (nSPS) is 51.7. The molecule has 4 bridgehead atoms. The van der Waals surface area contributed by atoms with Gasteiger partial charge in [-0.2, -0.15) is 0 Å². The van der Waals surface area contributed by atoms with Gasteiger partial charge in [-0.1, -0.05) is 13.8 Å². The molecule has 3 N–H and O–H groups in total. The van der Waals surface area contributed by atoms with Gasteiger partial charge >= 0.3 is 0 Å². The van der Waals surface area contributed by atoms with Crippen LogP contribution in [-0.4, -0.2) is 35.0 Å². The zero-order valence-corrected chi connectivity index (χ0v) is 11.7. The molecular formula is C15H27NO2. The predicted molar refractivity (Wildman–Crippen MR) is 71.2 cm³/mol. The van der Waals surface area contributed by atoms with Crippen LogP contribution in [0.2, 0.25) is 0 Å². The molecule has 0 aromatic rings. The van der Waals surface area contributed by atoms with Gasteiger partial charge in [0.05, 0.1) is 12.7 Å². The Kier molecular flexibility index (Phi) is 2.82. The number of hydrogen-bond donors (Lipinski definition) is 3. The molecule has 18 heavy (non-hydrogen) atoms. The molecule has 0 aromatic carbocycles. The molecule has 104 valence electrons. The highest BCUT2D eigenvalue weighted by Gasteiger charge is 2.59. The minimum absolute atomic E-state index is 0.138. The Morgan fingerprint density at radius 2 is 1.72 bits per heavy atom. The van der Waals surface area contributed by atoms with E-state index in [1.807, 2.05) is 0 Å². The Morgan fingerprint density at radius 1 is 1.11 bits per heavy atom. The Hall–Kier alpha value is -0.120. The summed E-state index contributed by atoms with van der Waals surface area (Å²) in [5.74, 6) is 0.870. The van der Waals surface area contributed by atoms with Gasteiger partial charge in [-0.15, -0.1) is 0 Å². The van der Waals surface area contributed by atoms with Gasteiger partial charge in [0, 0.05) is 12.1 Å². The second-order valence-electron chi connectivity index (χ2n) is 8.13. The number of aliphatic hydroxyl groups is 2. The van der Waals surface area contributed by atoms with Gasteiger partial charge in [-0.25, -0.2) is 0 Å². The molecule has 0 saturated heterocycles. The van der Waals surface area contributed by atoms with Crippen LogP contribution in [0.25, 0.3) is 0 Å². The molecule has 0 spiro atoms. The van der Waals surface area contributed by atoms with Crippen molar-refractivity contribution in [3.8, 4) is 0 Å². The average Bonchev–Trinajstić information content (AvgIpc) is 2.21. The van der Waals surface area contributed by atoms with Crippen LogP contribution in [0.15, 0.2) is 0 Å². The van der Waals surface area contributed by atoms with Crippen LogP contribution in [-0.2, 0) is 0 Å². The molecule has 0 aliphatic heterocycles. The van der Waals surface area contributed by atoms with E-state index in [2.05, 4.69) is 19.2 Å². The lowest BCUT2D eigenvalue weighted by Gasteiger charge is -2.65. The largest absolute Gasteiger partial charge is 0.394 e. The predicted octanol–water partition coefficient (Wildman–Crippen LogP) is 1.68. The van der Waals surface area contributed by atoms with Crippen molar-refractivity contribution in [2.45, 2.75) is 64.0 Å². The molecular weight excluding hydrogens is 226 g/mol. The number of rotatable bonds is 4. The summed E-state index contributed by atoms with van der Waals surface area (Å²) in [5, 5.41) is 22.2. The minimum Gasteiger partial charge on any atom is -0.394 e. The smallest absolute Gasteiger partial charge is 0.0895 e. The van der Waals surface area contributed by atoms with Crippen LogP contribution in [0, 0.1) is 16.7 Å². The lowest BCUT2D eigenvalue weighted by atomic mass is 9.43. The van der Waals surface area contributed by atoms with E-state index in [9.17, 15) is 5.11 Å². The van der Waals surface area contributed by atoms with E-state index in [1.165, 1.54) is 38.5 Å². The first-order valence-electron chi connectivity index (χ1n) is 7.40. The first kappa shape index (κ1) is 12.9. The first-order chi connectivity index (χ1) is 8.36. The summed E-state index contributed by atoms with van der Waals surface area (Å²) in [6, 6.07) is 0. The van der Waals surface area contributed by atoms with E-state index >= 15 is 0 Å². The van der Waals surface area contributed by atoms with E-state index in [4.69, 9.17) is 5.11 Å². The molecule has 4 rings (SSSR count). The van der Waals surface area contributed by atoms with Gasteiger partial charge in [0.1, 0.15) is 0 Å². The lowest BCUT2D eigenvalue weighted by molar-refractivity contribution is -0.120. The molecule has 4 aliphatic rings. The summed E-state index contributed by atoms with van der Waals surface area (Å²) in [4.78, 5) is 0. The molecule has 0 aromatic heterocycles. The van der Waals surface area contributed by atoms with Crippen molar-refractivity contribution >= 4 is 0 Å². The molecule has 4 saturated carbocycles. The average molecular weight is 253 g/mol. The monoisotopic (exact) mass is 253 g/mol. The molecule has 2 unspecified atom stereocenters. The summed E-state index contributed by atoms with van der Waals surface area (Å²) in [7, 11) is 0. The summed E-state index contributed by atoms with van der Waals surface area (Å²) >= 11 is 0. The van der Waals surface area contributed by atoms with Crippen LogP contribution < -0.4 is 5.32 Å². The van der Waals surface area contributed by atoms with Gasteiger partial charge in [0.15, 0.2) is 0 Å². The summed E-state index contributed by atoms with van der Waals surface area (Å²) in [6.07, 6.45) is 7.34. The molecule has 3 heteroatoms. The van der Waals surface area contributed by atoms with Crippen molar-refractivity contribution in [1.29, 1.82) is 0 Å². The minimum atomic E-state index is -0.612. The third-order valence-electron chi connectivity index (χ3n) is 5.55. The second-order valence-corrected chi connectivity index (χ2v) is 8.13. The fourth-order valence-electron chi connectivity index (χ4n) is 6.04. The lowest BCUT2D eigenvalue weighted by Crippen LogP contribution is -2.65. The quantitative estimate of drug-likeness (QED) is 0.714. The maximum absolute atomic E-state index is 9.58. The van der Waals surface area contributed by atoms with Crippen molar-refractivity contribution in [2.75, 3.05) is 13.2 Å². The van der Waals surface area contributed by atoms with Crippen molar-refractivity contribution in [1.82, 2.24) is 5.32 Å². The summed E-state index contributed by atoms with van der Waals surface area (Å²) in [5.41, 5.74) is 1.25. The van der Waals surface area contributed by atoms with E-state index in [-0.39, 0.29) is 12.1 Å². The third-order valence-corrected chi connectivity index (χ3v) is 5.55. The SMILES string of the molecule is CC12CC3CC(C)(C1)CC(NC[C@H](O)CO)(C3)C2. The maximum atomic E-state index is 9.58. The van der Waals surface area contributed by atoms with Gasteiger partial charge in [0.25, 0.3) is 0 Å². The van der Waals surface area contributed by atoms with Crippen molar-refractivity contribution in [2.24, 2.45) is 16.7 Å². The van der Waals surface area contributed by atoms with Gasteiger partial charge in [-0.05, 0) is 55.3 Å². The van der Waals surface area contributed by atoms with E-state index in [0.717, 1.165) is 5.92 Å². The van der Waals surface area contributed by atoms with E-state index in [1.54, 1.807) is 0 Å². The molecule has 4 aliphatic carbocycles. The zero-order valence-electron chi connectivity index (χ0n) is 11.7. The maximum Gasteiger partial charge on any atom is 0.0895 e. The first-order valence-corrected chi connectivity index (χ1v) is 7.40. The number of aliphatic hydroxyl groups excluding tert-OH is 2. The highest BCUT2D eigenvalue weighted by atomic mass is 16.3. The highest BCUT2D eigenvalue weighted by molar-refractivity contribution is 5.14. The second kappa shape index (κ2) is 3.94.